The molecule has 0 saturated heterocycles. The summed E-state index contributed by atoms with van der Waals surface area (Å²) in [7, 11) is 0. The minimum Gasteiger partial charge on any atom is -0.351 e. The minimum atomic E-state index is -0.233. The molecule has 0 unspecified atom stereocenters. The molecule has 1 amide bonds. The molecular formula is C14H20ClNO. The van der Waals surface area contributed by atoms with E-state index < -0.39 is 0 Å². The Bertz CT molecular complexity index is 370. The first-order chi connectivity index (χ1) is 7.93. The maximum atomic E-state index is 11.8. The van der Waals surface area contributed by atoms with Crippen LogP contribution in [0, 0.1) is 6.92 Å². The average molecular weight is 254 g/mol. The molecule has 0 fully saturated rings. The second-order valence-electron chi connectivity index (χ2n) is 5.03. The molecule has 0 saturated carbocycles. The molecule has 94 valence electrons. The Hall–Kier alpha value is -1.02. The highest BCUT2D eigenvalue weighted by Crippen LogP contribution is 2.10. The molecular weight excluding hydrogens is 234 g/mol. The summed E-state index contributed by atoms with van der Waals surface area (Å²) in [6.45, 7) is 6.01. The van der Waals surface area contributed by atoms with Gasteiger partial charge in [0.2, 0.25) is 5.91 Å². The first-order valence-electron chi connectivity index (χ1n) is 5.85. The molecule has 0 spiro atoms. The molecule has 0 radical (unpaired) electrons. The number of hydrogen-bond acceptors (Lipinski definition) is 1. The van der Waals surface area contributed by atoms with Crippen molar-refractivity contribution in [1.29, 1.82) is 0 Å². The van der Waals surface area contributed by atoms with Crippen molar-refractivity contribution in [2.24, 2.45) is 0 Å². The normalized spacial score (nSPS) is 11.3. The van der Waals surface area contributed by atoms with Crippen molar-refractivity contribution in [2.45, 2.75) is 39.2 Å². The third-order valence-corrected chi connectivity index (χ3v) is 2.87. The number of rotatable bonds is 5. The molecule has 1 rings (SSSR count). The van der Waals surface area contributed by atoms with Gasteiger partial charge in [-0.3, -0.25) is 4.79 Å². The van der Waals surface area contributed by atoms with Crippen LogP contribution in [0.2, 0.25) is 0 Å². The van der Waals surface area contributed by atoms with Crippen molar-refractivity contribution in [3.63, 3.8) is 0 Å². The standard InChI is InChI=1S/C14H20ClNO/c1-11-4-6-12(7-5-11)10-13(17)16-14(2,3)8-9-15/h4-7H,8-10H2,1-3H3,(H,16,17). The van der Waals surface area contributed by atoms with E-state index in [9.17, 15) is 4.79 Å². The van der Waals surface area contributed by atoms with E-state index in [1.807, 2.05) is 45.0 Å². The molecule has 0 bridgehead atoms. The molecule has 0 aliphatic heterocycles. The average Bonchev–Trinajstić information content (AvgIpc) is 2.20. The summed E-state index contributed by atoms with van der Waals surface area (Å²) in [4.78, 5) is 11.8. The van der Waals surface area contributed by atoms with Crippen LogP contribution in [-0.4, -0.2) is 17.3 Å². The van der Waals surface area contributed by atoms with Gasteiger partial charge in [-0.05, 0) is 32.8 Å². The van der Waals surface area contributed by atoms with Crippen LogP contribution in [0.15, 0.2) is 24.3 Å². The topological polar surface area (TPSA) is 29.1 Å². The summed E-state index contributed by atoms with van der Waals surface area (Å²) in [6.07, 6.45) is 1.19. The van der Waals surface area contributed by atoms with E-state index in [4.69, 9.17) is 11.6 Å². The third-order valence-electron chi connectivity index (χ3n) is 2.68. The third kappa shape index (κ3) is 5.22. The number of carbonyl (C=O) groups excluding carboxylic acids is 1. The molecule has 17 heavy (non-hydrogen) atoms. The van der Waals surface area contributed by atoms with Gasteiger partial charge in [-0.2, -0.15) is 0 Å². The number of alkyl halides is 1. The Morgan fingerprint density at radius 3 is 2.41 bits per heavy atom. The van der Waals surface area contributed by atoms with Gasteiger partial charge in [0.1, 0.15) is 0 Å². The molecule has 0 aliphatic rings. The summed E-state index contributed by atoms with van der Waals surface area (Å²) in [5.74, 6) is 0.599. The van der Waals surface area contributed by atoms with Gasteiger partial charge >= 0.3 is 0 Å². The van der Waals surface area contributed by atoms with Crippen molar-refractivity contribution in [1.82, 2.24) is 5.32 Å². The van der Waals surface area contributed by atoms with E-state index in [0.717, 1.165) is 12.0 Å². The number of nitrogens with one attached hydrogen (secondary N) is 1. The van der Waals surface area contributed by atoms with Gasteiger partial charge in [-0.15, -0.1) is 11.6 Å². The van der Waals surface area contributed by atoms with Crippen molar-refractivity contribution in [3.8, 4) is 0 Å². The lowest BCUT2D eigenvalue weighted by molar-refractivity contribution is -0.122. The number of hydrogen-bond donors (Lipinski definition) is 1. The van der Waals surface area contributed by atoms with E-state index in [-0.39, 0.29) is 11.4 Å². The van der Waals surface area contributed by atoms with Gasteiger partial charge in [0.25, 0.3) is 0 Å². The number of aryl methyl sites for hydroxylation is 1. The van der Waals surface area contributed by atoms with Crippen LogP contribution < -0.4 is 5.32 Å². The summed E-state index contributed by atoms with van der Waals surface area (Å²) in [6, 6.07) is 8.02. The van der Waals surface area contributed by atoms with Crippen LogP contribution in [0.4, 0.5) is 0 Å². The Balaban J connectivity index is 2.52. The molecule has 0 atom stereocenters. The van der Waals surface area contributed by atoms with Crippen LogP contribution in [0.3, 0.4) is 0 Å². The Kier molecular flexibility index (Phi) is 5.01. The van der Waals surface area contributed by atoms with E-state index in [2.05, 4.69) is 5.32 Å². The monoisotopic (exact) mass is 253 g/mol. The van der Waals surface area contributed by atoms with E-state index >= 15 is 0 Å². The molecule has 1 aromatic rings. The molecule has 2 nitrogen and oxygen atoms in total. The van der Waals surface area contributed by atoms with E-state index in [1.54, 1.807) is 0 Å². The lowest BCUT2D eigenvalue weighted by Gasteiger charge is -2.25. The first-order valence-corrected chi connectivity index (χ1v) is 6.39. The smallest absolute Gasteiger partial charge is 0.224 e. The lowest BCUT2D eigenvalue weighted by Crippen LogP contribution is -2.44. The van der Waals surface area contributed by atoms with Crippen molar-refractivity contribution in [2.75, 3.05) is 5.88 Å². The number of amides is 1. The molecule has 1 N–H and O–H groups in total. The quantitative estimate of drug-likeness (QED) is 0.803. The van der Waals surface area contributed by atoms with Crippen molar-refractivity contribution >= 4 is 17.5 Å². The zero-order valence-corrected chi connectivity index (χ0v) is 11.5. The number of benzene rings is 1. The molecule has 1 aromatic carbocycles. The largest absolute Gasteiger partial charge is 0.351 e. The van der Waals surface area contributed by atoms with Crippen molar-refractivity contribution in [3.05, 3.63) is 35.4 Å². The molecule has 0 aliphatic carbocycles. The van der Waals surface area contributed by atoms with Gasteiger partial charge in [0, 0.05) is 11.4 Å². The maximum Gasteiger partial charge on any atom is 0.224 e. The predicted molar refractivity (Wildman–Crippen MR) is 72.4 cm³/mol. The van der Waals surface area contributed by atoms with Gasteiger partial charge in [0.15, 0.2) is 0 Å². The number of carbonyl (C=O) groups is 1. The van der Waals surface area contributed by atoms with Crippen LogP contribution in [0.25, 0.3) is 0 Å². The van der Waals surface area contributed by atoms with Crippen molar-refractivity contribution < 1.29 is 4.79 Å². The number of halogens is 1. The van der Waals surface area contributed by atoms with Gasteiger partial charge in [-0.1, -0.05) is 29.8 Å². The highest BCUT2D eigenvalue weighted by Gasteiger charge is 2.19. The highest BCUT2D eigenvalue weighted by atomic mass is 35.5. The van der Waals surface area contributed by atoms with Gasteiger partial charge in [-0.25, -0.2) is 0 Å². The summed E-state index contributed by atoms with van der Waals surface area (Å²) >= 11 is 5.70. The van der Waals surface area contributed by atoms with Crippen LogP contribution in [0.5, 0.6) is 0 Å². The highest BCUT2D eigenvalue weighted by molar-refractivity contribution is 6.17. The Morgan fingerprint density at radius 1 is 1.29 bits per heavy atom. The van der Waals surface area contributed by atoms with Gasteiger partial charge in [0.05, 0.1) is 6.42 Å². The summed E-state index contributed by atoms with van der Waals surface area (Å²) in [5, 5.41) is 3.00. The second kappa shape index (κ2) is 6.06. The summed E-state index contributed by atoms with van der Waals surface area (Å²) in [5.41, 5.74) is 2.01. The maximum absolute atomic E-state index is 11.8. The summed E-state index contributed by atoms with van der Waals surface area (Å²) < 4.78 is 0. The molecule has 0 heterocycles. The zero-order chi connectivity index (χ0) is 12.9. The Morgan fingerprint density at radius 2 is 1.88 bits per heavy atom. The van der Waals surface area contributed by atoms with Crippen LogP contribution >= 0.6 is 11.6 Å². The van der Waals surface area contributed by atoms with Gasteiger partial charge < -0.3 is 5.32 Å². The zero-order valence-electron chi connectivity index (χ0n) is 10.7. The molecule has 0 aromatic heterocycles. The minimum absolute atomic E-state index is 0.0453. The van der Waals surface area contributed by atoms with Crippen LogP contribution in [0.1, 0.15) is 31.4 Å². The second-order valence-corrected chi connectivity index (χ2v) is 5.41. The van der Waals surface area contributed by atoms with E-state index in [0.29, 0.717) is 12.3 Å². The lowest BCUT2D eigenvalue weighted by atomic mass is 10.0. The Labute approximate surface area is 108 Å². The fraction of sp³-hybridized carbons (Fsp3) is 0.500. The van der Waals surface area contributed by atoms with E-state index in [1.165, 1.54) is 5.56 Å². The fourth-order valence-electron chi connectivity index (χ4n) is 1.61. The first kappa shape index (κ1) is 14.0. The fourth-order valence-corrected chi connectivity index (χ4v) is 2.08. The van der Waals surface area contributed by atoms with Crippen LogP contribution in [-0.2, 0) is 11.2 Å². The molecule has 3 heteroatoms. The SMILES string of the molecule is Cc1ccc(CC(=O)NC(C)(C)CCCl)cc1. The predicted octanol–water partition coefficient (Wildman–Crippen LogP) is 3.06.